The lowest BCUT2D eigenvalue weighted by molar-refractivity contribution is -0.139. The van der Waals surface area contributed by atoms with Crippen molar-refractivity contribution >= 4 is 11.8 Å². The maximum absolute atomic E-state index is 13.6. The van der Waals surface area contributed by atoms with Gasteiger partial charge in [-0.15, -0.1) is 0 Å². The van der Waals surface area contributed by atoms with E-state index in [0.29, 0.717) is 26.2 Å². The molecule has 2 heterocycles. The monoisotopic (exact) mass is 464 g/mol. The Morgan fingerprint density at radius 3 is 2.38 bits per heavy atom. The van der Waals surface area contributed by atoms with Crippen LogP contribution in [0.15, 0.2) is 54.6 Å². The molecule has 0 aliphatic carbocycles. The van der Waals surface area contributed by atoms with Crippen molar-refractivity contribution in [3.8, 4) is 5.75 Å². The average molecular weight is 465 g/mol. The summed E-state index contributed by atoms with van der Waals surface area (Å²) in [6.07, 6.45) is 4.03. The fourth-order valence-corrected chi connectivity index (χ4v) is 5.08. The summed E-state index contributed by atoms with van der Waals surface area (Å²) in [5.41, 5.74) is 2.17. The number of piperidine rings is 1. The number of rotatable bonds is 9. The Labute approximate surface area is 202 Å². The van der Waals surface area contributed by atoms with E-state index >= 15 is 0 Å². The first kappa shape index (κ1) is 24.3. The molecule has 0 spiro atoms. The molecule has 2 aliphatic heterocycles. The first-order valence-electron chi connectivity index (χ1n) is 12.5. The van der Waals surface area contributed by atoms with E-state index < -0.39 is 0 Å². The second-order valence-electron chi connectivity index (χ2n) is 9.29. The highest BCUT2D eigenvalue weighted by Gasteiger charge is 2.45. The van der Waals surface area contributed by atoms with E-state index in [9.17, 15) is 9.59 Å². The summed E-state index contributed by atoms with van der Waals surface area (Å²) in [5, 5.41) is 0. The highest BCUT2D eigenvalue weighted by atomic mass is 16.5. The molecule has 182 valence electrons. The van der Waals surface area contributed by atoms with Crippen molar-refractivity contribution in [2.75, 3.05) is 26.7 Å². The second kappa shape index (κ2) is 11.5. The van der Waals surface area contributed by atoms with Gasteiger partial charge in [-0.25, -0.2) is 0 Å². The van der Waals surface area contributed by atoms with Crippen molar-refractivity contribution < 1.29 is 19.1 Å². The molecule has 2 unspecified atom stereocenters. The molecule has 6 heteroatoms. The number of likely N-dealkylation sites (tertiary alicyclic amines) is 2. The summed E-state index contributed by atoms with van der Waals surface area (Å²) in [5.74, 6) is 0.594. The molecule has 4 rings (SSSR count). The molecule has 2 saturated heterocycles. The van der Waals surface area contributed by atoms with Crippen LogP contribution in [-0.2, 0) is 20.9 Å². The van der Waals surface area contributed by atoms with E-state index in [1.54, 1.807) is 7.11 Å². The molecule has 0 aromatic heterocycles. The molecule has 2 aromatic carbocycles. The maximum Gasteiger partial charge on any atom is 0.228 e. The molecule has 6 nitrogen and oxygen atoms in total. The van der Waals surface area contributed by atoms with Crippen molar-refractivity contribution in [2.45, 2.75) is 57.8 Å². The van der Waals surface area contributed by atoms with E-state index in [2.05, 4.69) is 19.1 Å². The molecule has 2 atom stereocenters. The van der Waals surface area contributed by atoms with Crippen molar-refractivity contribution in [1.82, 2.24) is 9.80 Å². The highest BCUT2D eigenvalue weighted by Crippen LogP contribution is 2.40. The number of carbonyl (C=O) groups is 2. The smallest absolute Gasteiger partial charge is 0.228 e. The number of nitrogens with zero attached hydrogens (tertiary/aromatic N) is 2. The first-order chi connectivity index (χ1) is 16.6. The molecule has 0 radical (unpaired) electrons. The third-order valence-electron chi connectivity index (χ3n) is 7.04. The quantitative estimate of drug-likeness (QED) is 0.545. The number of hydrogen-bond donors (Lipinski definition) is 0. The molecule has 0 saturated carbocycles. The van der Waals surface area contributed by atoms with E-state index in [1.165, 1.54) is 5.56 Å². The number of amides is 2. The van der Waals surface area contributed by atoms with Crippen molar-refractivity contribution in [3.05, 3.63) is 65.7 Å². The Hall–Kier alpha value is -2.86. The summed E-state index contributed by atoms with van der Waals surface area (Å²) in [7, 11) is 1.64. The zero-order valence-corrected chi connectivity index (χ0v) is 20.3. The molecule has 2 aromatic rings. The van der Waals surface area contributed by atoms with Crippen molar-refractivity contribution in [2.24, 2.45) is 5.92 Å². The second-order valence-corrected chi connectivity index (χ2v) is 9.29. The van der Waals surface area contributed by atoms with Gasteiger partial charge in [0.2, 0.25) is 11.8 Å². The summed E-state index contributed by atoms with van der Waals surface area (Å²) in [6.45, 7) is 4.75. The molecular weight excluding hydrogens is 428 g/mol. The third kappa shape index (κ3) is 5.61. The summed E-state index contributed by atoms with van der Waals surface area (Å²) in [6, 6.07) is 17.8. The minimum atomic E-state index is -0.348. The van der Waals surface area contributed by atoms with Gasteiger partial charge in [0.05, 0.1) is 31.8 Å². The Balaban J connectivity index is 1.41. The van der Waals surface area contributed by atoms with Gasteiger partial charge in [0, 0.05) is 26.1 Å². The Bertz CT molecular complexity index is 939. The minimum absolute atomic E-state index is 0.0775. The maximum atomic E-state index is 13.6. The first-order valence-corrected chi connectivity index (χ1v) is 12.5. The van der Waals surface area contributed by atoms with Gasteiger partial charge in [-0.05, 0) is 42.5 Å². The predicted molar refractivity (Wildman–Crippen MR) is 131 cm³/mol. The van der Waals surface area contributed by atoms with Crippen molar-refractivity contribution in [1.29, 1.82) is 0 Å². The van der Waals surface area contributed by atoms with Crippen molar-refractivity contribution in [3.63, 3.8) is 0 Å². The third-order valence-corrected chi connectivity index (χ3v) is 7.04. The number of hydrogen-bond acceptors (Lipinski definition) is 4. The van der Waals surface area contributed by atoms with Crippen LogP contribution < -0.4 is 4.74 Å². The number of benzene rings is 2. The van der Waals surface area contributed by atoms with E-state index in [4.69, 9.17) is 9.47 Å². The van der Waals surface area contributed by atoms with E-state index in [0.717, 1.165) is 37.0 Å². The number of methoxy groups -OCH3 is 1. The standard InChI is InChI=1S/C28H36N2O4/c1-3-4-16-30-26(31)19-25(27(30)22-10-12-23(33-2)13-11-22)28(32)29-17-14-24(15-18-29)34-20-21-8-6-5-7-9-21/h5-13,24-25,27H,3-4,14-20H2,1-2H3. The zero-order chi connectivity index (χ0) is 23.9. The molecule has 34 heavy (non-hydrogen) atoms. The van der Waals surface area contributed by atoms with Gasteiger partial charge in [-0.3, -0.25) is 9.59 Å². The number of ether oxygens (including phenoxy) is 2. The van der Waals surface area contributed by atoms with Crippen LogP contribution in [0.1, 0.15) is 56.2 Å². The Morgan fingerprint density at radius 2 is 1.74 bits per heavy atom. The predicted octanol–water partition coefficient (Wildman–Crippen LogP) is 4.59. The van der Waals surface area contributed by atoms with Gasteiger partial charge in [-0.1, -0.05) is 55.8 Å². The van der Waals surface area contributed by atoms with E-state index in [1.807, 2.05) is 52.3 Å². The van der Waals surface area contributed by atoms with Crippen LogP contribution in [0.25, 0.3) is 0 Å². The van der Waals surface area contributed by atoms with Crippen LogP contribution in [0.4, 0.5) is 0 Å². The van der Waals surface area contributed by atoms with Gasteiger partial charge in [0.1, 0.15) is 5.75 Å². The van der Waals surface area contributed by atoms with Crippen LogP contribution in [0, 0.1) is 5.92 Å². The molecule has 0 N–H and O–H groups in total. The van der Waals surface area contributed by atoms with Crippen LogP contribution in [0.3, 0.4) is 0 Å². The topological polar surface area (TPSA) is 59.1 Å². The van der Waals surface area contributed by atoms with Gasteiger partial charge < -0.3 is 19.3 Å². The fraction of sp³-hybridized carbons (Fsp3) is 0.500. The SMILES string of the molecule is CCCCN1C(=O)CC(C(=O)N2CCC(OCc3ccccc3)CC2)C1c1ccc(OC)cc1. The molecule has 2 amide bonds. The van der Waals surface area contributed by atoms with Crippen LogP contribution in [-0.4, -0.2) is 54.5 Å². The van der Waals surface area contributed by atoms with Gasteiger partial charge in [0.25, 0.3) is 0 Å². The highest BCUT2D eigenvalue weighted by molar-refractivity contribution is 5.90. The Morgan fingerprint density at radius 1 is 1.03 bits per heavy atom. The van der Waals surface area contributed by atoms with Gasteiger partial charge in [0.15, 0.2) is 0 Å². The van der Waals surface area contributed by atoms with Crippen LogP contribution in [0.2, 0.25) is 0 Å². The summed E-state index contributed by atoms with van der Waals surface area (Å²) >= 11 is 0. The fourth-order valence-electron chi connectivity index (χ4n) is 5.08. The Kier molecular flexibility index (Phi) is 8.22. The largest absolute Gasteiger partial charge is 0.497 e. The molecular formula is C28H36N2O4. The van der Waals surface area contributed by atoms with Crippen LogP contribution in [0.5, 0.6) is 5.75 Å². The lowest BCUT2D eigenvalue weighted by atomic mass is 9.91. The molecule has 2 fully saturated rings. The minimum Gasteiger partial charge on any atom is -0.497 e. The zero-order valence-electron chi connectivity index (χ0n) is 20.3. The normalized spacial score (nSPS) is 21.2. The summed E-state index contributed by atoms with van der Waals surface area (Å²) < 4.78 is 11.4. The lowest BCUT2D eigenvalue weighted by Gasteiger charge is -2.35. The molecule has 2 aliphatic rings. The number of unbranched alkanes of at least 4 members (excludes halogenated alkanes) is 1. The van der Waals surface area contributed by atoms with Gasteiger partial charge >= 0.3 is 0 Å². The number of carbonyl (C=O) groups excluding carboxylic acids is 2. The lowest BCUT2D eigenvalue weighted by Crippen LogP contribution is -2.45. The summed E-state index contributed by atoms with van der Waals surface area (Å²) in [4.78, 5) is 30.5. The average Bonchev–Trinajstić information content (AvgIpc) is 3.22. The van der Waals surface area contributed by atoms with Gasteiger partial charge in [-0.2, -0.15) is 0 Å². The molecule has 0 bridgehead atoms. The van der Waals surface area contributed by atoms with E-state index in [-0.39, 0.29) is 36.3 Å². The van der Waals surface area contributed by atoms with Crippen LogP contribution >= 0.6 is 0 Å².